The number of rotatable bonds is 5. The molecule has 22 heavy (non-hydrogen) atoms. The van der Waals surface area contributed by atoms with Crippen molar-refractivity contribution in [2.45, 2.75) is 45.8 Å². The van der Waals surface area contributed by atoms with Crippen molar-refractivity contribution >= 4 is 23.3 Å². The van der Waals surface area contributed by atoms with Gasteiger partial charge in [0.15, 0.2) is 6.10 Å². The van der Waals surface area contributed by atoms with E-state index in [1.807, 2.05) is 20.8 Å². The number of fused-ring (bicyclic) bond motifs is 1. The maximum absolute atomic E-state index is 12.5. The highest BCUT2D eigenvalue weighted by Crippen LogP contribution is 2.39. The van der Waals surface area contributed by atoms with Gasteiger partial charge in [-0.25, -0.2) is 0 Å². The van der Waals surface area contributed by atoms with Crippen LogP contribution < -0.4 is 15.4 Å². The number of ether oxygens (including phenoxy) is 2. The van der Waals surface area contributed by atoms with Crippen LogP contribution >= 0.6 is 0 Å². The van der Waals surface area contributed by atoms with Crippen LogP contribution in [0.3, 0.4) is 0 Å². The van der Waals surface area contributed by atoms with Crippen LogP contribution in [0.5, 0.6) is 5.75 Å². The van der Waals surface area contributed by atoms with E-state index in [1.54, 1.807) is 18.2 Å². The summed E-state index contributed by atoms with van der Waals surface area (Å²) < 4.78 is 10.9. The molecule has 0 spiro atoms. The predicted octanol–water partition coefficient (Wildman–Crippen LogP) is 2.11. The quantitative estimate of drug-likeness (QED) is 0.665. The molecule has 1 aliphatic rings. The van der Waals surface area contributed by atoms with Crippen LogP contribution in [0.4, 0.5) is 11.4 Å². The Kier molecular flexibility index (Phi) is 4.90. The molecule has 1 aliphatic heterocycles. The van der Waals surface area contributed by atoms with Gasteiger partial charge in [0.2, 0.25) is 0 Å². The zero-order valence-corrected chi connectivity index (χ0v) is 13.2. The lowest BCUT2D eigenvalue weighted by atomic mass is 10.1. The normalized spacial score (nSPS) is 18.4. The van der Waals surface area contributed by atoms with E-state index in [2.05, 4.69) is 0 Å². The zero-order chi connectivity index (χ0) is 16.3. The Morgan fingerprint density at radius 3 is 2.82 bits per heavy atom. The van der Waals surface area contributed by atoms with Crippen LogP contribution in [0.1, 0.15) is 33.6 Å². The van der Waals surface area contributed by atoms with Crippen molar-refractivity contribution in [3.8, 4) is 5.75 Å². The highest BCUT2D eigenvalue weighted by atomic mass is 16.5. The second kappa shape index (κ2) is 6.68. The number of hydrogen-bond donors (Lipinski definition) is 1. The van der Waals surface area contributed by atoms with Crippen molar-refractivity contribution in [1.82, 2.24) is 0 Å². The lowest BCUT2D eigenvalue weighted by Gasteiger charge is -2.34. The molecule has 2 unspecified atom stereocenters. The van der Waals surface area contributed by atoms with Gasteiger partial charge in [-0.15, -0.1) is 0 Å². The van der Waals surface area contributed by atoms with E-state index < -0.39 is 12.1 Å². The second-order valence-electron chi connectivity index (χ2n) is 5.34. The molecule has 1 aromatic carbocycles. The van der Waals surface area contributed by atoms with E-state index in [1.165, 1.54) is 4.90 Å². The molecule has 2 atom stereocenters. The van der Waals surface area contributed by atoms with Gasteiger partial charge in [-0.05, 0) is 31.9 Å². The molecule has 6 heteroatoms. The first-order valence-corrected chi connectivity index (χ1v) is 7.53. The third-order valence-electron chi connectivity index (χ3n) is 3.68. The molecule has 0 saturated carbocycles. The summed E-state index contributed by atoms with van der Waals surface area (Å²) in [5, 5.41) is 0. The van der Waals surface area contributed by atoms with Gasteiger partial charge in [0.1, 0.15) is 18.0 Å². The van der Waals surface area contributed by atoms with Crippen LogP contribution in [-0.2, 0) is 14.3 Å². The SMILES string of the molecule is CCC(C)OC(=O)CN1C(=O)C(CC)Oc2cccc(N)c21. The zero-order valence-electron chi connectivity index (χ0n) is 13.2. The lowest BCUT2D eigenvalue weighted by molar-refractivity contribution is -0.147. The van der Waals surface area contributed by atoms with Gasteiger partial charge in [0.05, 0.1) is 11.8 Å². The van der Waals surface area contributed by atoms with Gasteiger partial charge in [-0.3, -0.25) is 14.5 Å². The lowest BCUT2D eigenvalue weighted by Crippen LogP contribution is -2.48. The fraction of sp³-hybridized carbons (Fsp3) is 0.500. The molecule has 1 amide bonds. The fourth-order valence-electron chi connectivity index (χ4n) is 2.30. The maximum atomic E-state index is 12.5. The van der Waals surface area contributed by atoms with Crippen LogP contribution in [0.25, 0.3) is 0 Å². The highest BCUT2D eigenvalue weighted by molar-refractivity contribution is 6.05. The third-order valence-corrected chi connectivity index (χ3v) is 3.68. The number of nitrogen functional groups attached to an aromatic ring is 1. The van der Waals surface area contributed by atoms with Gasteiger partial charge in [-0.2, -0.15) is 0 Å². The molecule has 6 nitrogen and oxygen atoms in total. The van der Waals surface area contributed by atoms with Gasteiger partial charge >= 0.3 is 5.97 Å². The van der Waals surface area contributed by atoms with Crippen LogP contribution in [-0.4, -0.2) is 30.6 Å². The Bertz CT molecular complexity index is 573. The molecule has 0 bridgehead atoms. The Balaban J connectivity index is 2.28. The second-order valence-corrected chi connectivity index (χ2v) is 5.34. The van der Waals surface area contributed by atoms with Crippen molar-refractivity contribution in [3.63, 3.8) is 0 Å². The Labute approximate surface area is 130 Å². The minimum Gasteiger partial charge on any atom is -0.478 e. The summed E-state index contributed by atoms with van der Waals surface area (Å²) in [7, 11) is 0. The van der Waals surface area contributed by atoms with Crippen molar-refractivity contribution < 1.29 is 19.1 Å². The summed E-state index contributed by atoms with van der Waals surface area (Å²) in [6.07, 6.45) is 0.451. The molecule has 0 radical (unpaired) electrons. The number of esters is 1. The Hall–Kier alpha value is -2.24. The summed E-state index contributed by atoms with van der Waals surface area (Å²) in [6, 6.07) is 5.18. The van der Waals surface area contributed by atoms with E-state index in [4.69, 9.17) is 15.2 Å². The van der Waals surface area contributed by atoms with Gasteiger partial charge in [-0.1, -0.05) is 19.9 Å². The summed E-state index contributed by atoms with van der Waals surface area (Å²) in [6.45, 7) is 5.44. The van der Waals surface area contributed by atoms with Crippen molar-refractivity contribution in [2.75, 3.05) is 17.2 Å². The molecule has 1 heterocycles. The third kappa shape index (κ3) is 3.16. The summed E-state index contributed by atoms with van der Waals surface area (Å²) in [4.78, 5) is 25.9. The van der Waals surface area contributed by atoms with E-state index in [9.17, 15) is 9.59 Å². The first-order valence-electron chi connectivity index (χ1n) is 7.53. The Morgan fingerprint density at radius 2 is 2.18 bits per heavy atom. The average Bonchev–Trinajstić information content (AvgIpc) is 2.49. The largest absolute Gasteiger partial charge is 0.478 e. The number of para-hydroxylation sites is 1. The first kappa shape index (κ1) is 16.1. The van der Waals surface area contributed by atoms with Gasteiger partial charge in [0.25, 0.3) is 5.91 Å². The summed E-state index contributed by atoms with van der Waals surface area (Å²) >= 11 is 0. The standard InChI is InChI=1S/C16H22N2O4/c1-4-10(3)21-14(19)9-18-15-11(17)7-6-8-13(15)22-12(5-2)16(18)20/h6-8,10,12H,4-5,9,17H2,1-3H3. The van der Waals surface area contributed by atoms with Gasteiger partial charge in [0, 0.05) is 0 Å². The summed E-state index contributed by atoms with van der Waals surface area (Å²) in [5.74, 6) is -0.203. The molecule has 2 N–H and O–H groups in total. The maximum Gasteiger partial charge on any atom is 0.326 e. The topological polar surface area (TPSA) is 81.9 Å². The molecule has 0 aromatic heterocycles. The number of nitrogens with zero attached hydrogens (tertiary/aromatic N) is 1. The minimum absolute atomic E-state index is 0.162. The molecule has 120 valence electrons. The molecule has 0 aliphatic carbocycles. The van der Waals surface area contributed by atoms with E-state index in [-0.39, 0.29) is 18.6 Å². The molecule has 1 aromatic rings. The minimum atomic E-state index is -0.606. The number of carbonyl (C=O) groups is 2. The van der Waals surface area contributed by atoms with Crippen LogP contribution in [0.15, 0.2) is 18.2 Å². The van der Waals surface area contributed by atoms with Crippen molar-refractivity contribution in [3.05, 3.63) is 18.2 Å². The van der Waals surface area contributed by atoms with Crippen LogP contribution in [0, 0.1) is 0 Å². The predicted molar refractivity (Wildman–Crippen MR) is 83.8 cm³/mol. The fourth-order valence-corrected chi connectivity index (χ4v) is 2.30. The van der Waals surface area contributed by atoms with Gasteiger partial charge < -0.3 is 15.2 Å². The number of anilines is 2. The number of amides is 1. The monoisotopic (exact) mass is 306 g/mol. The van der Waals surface area contributed by atoms with Crippen molar-refractivity contribution in [1.29, 1.82) is 0 Å². The molecule has 0 saturated heterocycles. The Morgan fingerprint density at radius 1 is 1.45 bits per heavy atom. The first-order chi connectivity index (χ1) is 10.5. The summed E-state index contributed by atoms with van der Waals surface area (Å²) in [5.41, 5.74) is 6.80. The number of nitrogens with two attached hydrogens (primary N) is 1. The molecular formula is C16H22N2O4. The van der Waals surface area contributed by atoms with E-state index >= 15 is 0 Å². The van der Waals surface area contributed by atoms with Crippen molar-refractivity contribution in [2.24, 2.45) is 0 Å². The van der Waals surface area contributed by atoms with E-state index in [0.29, 0.717) is 23.5 Å². The molecule has 2 rings (SSSR count). The van der Waals surface area contributed by atoms with E-state index in [0.717, 1.165) is 6.42 Å². The number of carbonyl (C=O) groups excluding carboxylic acids is 2. The number of benzene rings is 1. The smallest absolute Gasteiger partial charge is 0.326 e. The average molecular weight is 306 g/mol. The number of hydrogen-bond acceptors (Lipinski definition) is 5. The molecule has 0 fully saturated rings. The molecular weight excluding hydrogens is 284 g/mol. The van der Waals surface area contributed by atoms with Crippen LogP contribution in [0.2, 0.25) is 0 Å². The highest BCUT2D eigenvalue weighted by Gasteiger charge is 2.36.